The third-order valence-electron chi connectivity index (χ3n) is 4.03. The third kappa shape index (κ3) is 2.86. The zero-order valence-corrected chi connectivity index (χ0v) is 12.9. The molecular formula is C15H24N4. The molecule has 4 nitrogen and oxygen atoms in total. The Kier molecular flexibility index (Phi) is 4.88. The number of aryl methyl sites for hydroxylation is 1. The lowest BCUT2D eigenvalue weighted by molar-refractivity contribution is 0.465. The summed E-state index contributed by atoms with van der Waals surface area (Å²) in [5.74, 6) is 0.698. The Balaban J connectivity index is 3.42. The van der Waals surface area contributed by atoms with Gasteiger partial charge in [0.25, 0.3) is 0 Å². The van der Waals surface area contributed by atoms with Gasteiger partial charge in [0.05, 0.1) is 5.69 Å². The minimum absolute atomic E-state index is 0.0426. The van der Waals surface area contributed by atoms with Crippen molar-refractivity contribution in [3.8, 4) is 6.07 Å². The van der Waals surface area contributed by atoms with E-state index in [-0.39, 0.29) is 5.54 Å². The number of anilines is 1. The Morgan fingerprint density at radius 1 is 1.16 bits per heavy atom. The fourth-order valence-electron chi connectivity index (χ4n) is 2.04. The van der Waals surface area contributed by atoms with Crippen molar-refractivity contribution in [2.24, 2.45) is 0 Å². The second-order valence-electron chi connectivity index (χ2n) is 5.37. The van der Waals surface area contributed by atoms with Gasteiger partial charge in [0.2, 0.25) is 0 Å². The molecule has 0 spiro atoms. The van der Waals surface area contributed by atoms with E-state index in [1.54, 1.807) is 0 Å². The van der Waals surface area contributed by atoms with Crippen molar-refractivity contribution >= 4 is 5.82 Å². The van der Waals surface area contributed by atoms with Crippen LogP contribution in [0.4, 0.5) is 5.82 Å². The van der Waals surface area contributed by atoms with Crippen LogP contribution in [0.1, 0.15) is 57.9 Å². The molecule has 0 aliphatic carbocycles. The average molecular weight is 260 g/mol. The fraction of sp³-hybridized carbons (Fsp3) is 0.667. The van der Waals surface area contributed by atoms with Crippen molar-refractivity contribution in [1.29, 1.82) is 5.26 Å². The zero-order chi connectivity index (χ0) is 14.6. The molecule has 0 fully saturated rings. The lowest BCUT2D eigenvalue weighted by Gasteiger charge is -2.36. The molecule has 0 N–H and O–H groups in total. The largest absolute Gasteiger partial charge is 0.352 e. The molecule has 0 aromatic carbocycles. The smallest absolute Gasteiger partial charge is 0.169 e. The summed E-state index contributed by atoms with van der Waals surface area (Å²) >= 11 is 0. The maximum Gasteiger partial charge on any atom is 0.169 e. The highest BCUT2D eigenvalue weighted by molar-refractivity contribution is 5.58. The van der Waals surface area contributed by atoms with Crippen molar-refractivity contribution in [3.05, 3.63) is 16.8 Å². The minimum atomic E-state index is -0.0426. The molecule has 0 aliphatic heterocycles. The van der Waals surface area contributed by atoms with Gasteiger partial charge in [-0.3, -0.25) is 0 Å². The zero-order valence-electron chi connectivity index (χ0n) is 12.9. The van der Waals surface area contributed by atoms with Crippen LogP contribution in [-0.2, 0) is 12.8 Å². The second-order valence-corrected chi connectivity index (χ2v) is 5.37. The first-order valence-corrected chi connectivity index (χ1v) is 6.95. The molecule has 1 aromatic rings. The number of nitriles is 1. The third-order valence-corrected chi connectivity index (χ3v) is 4.03. The van der Waals surface area contributed by atoms with Gasteiger partial charge in [-0.05, 0) is 38.7 Å². The Hall–Kier alpha value is -1.63. The average Bonchev–Trinajstić information content (AvgIpc) is 2.44. The fourth-order valence-corrected chi connectivity index (χ4v) is 2.04. The molecule has 4 heteroatoms. The standard InChI is InChI=1S/C15H24N4/c1-7-11-12(10-16)14(18-17-13(11)8-2)19(6)15(4,5)9-3/h7-9H2,1-6H3. The highest BCUT2D eigenvalue weighted by Gasteiger charge is 2.26. The number of aromatic nitrogens is 2. The van der Waals surface area contributed by atoms with E-state index in [1.165, 1.54) is 0 Å². The van der Waals surface area contributed by atoms with Crippen LogP contribution in [0.15, 0.2) is 0 Å². The predicted octanol–water partition coefficient (Wildman–Crippen LogP) is 3.10. The van der Waals surface area contributed by atoms with Crippen molar-refractivity contribution in [3.63, 3.8) is 0 Å². The number of nitrogens with zero attached hydrogens (tertiary/aromatic N) is 4. The first kappa shape index (κ1) is 15.4. The summed E-state index contributed by atoms with van der Waals surface area (Å²) in [7, 11) is 1.99. The van der Waals surface area contributed by atoms with Crippen LogP contribution in [0.2, 0.25) is 0 Å². The highest BCUT2D eigenvalue weighted by Crippen LogP contribution is 2.28. The Labute approximate surface area is 116 Å². The van der Waals surface area contributed by atoms with Crippen LogP contribution in [0, 0.1) is 11.3 Å². The molecule has 0 radical (unpaired) electrons. The molecule has 1 aromatic heterocycles. The summed E-state index contributed by atoms with van der Waals surface area (Å²) in [6, 6.07) is 2.32. The summed E-state index contributed by atoms with van der Waals surface area (Å²) in [4.78, 5) is 2.07. The number of rotatable bonds is 5. The topological polar surface area (TPSA) is 52.8 Å². The number of hydrogen-bond acceptors (Lipinski definition) is 4. The summed E-state index contributed by atoms with van der Waals surface area (Å²) in [6.07, 6.45) is 2.61. The van der Waals surface area contributed by atoms with Gasteiger partial charge in [-0.1, -0.05) is 20.8 Å². The van der Waals surface area contributed by atoms with E-state index < -0.39 is 0 Å². The summed E-state index contributed by atoms with van der Waals surface area (Å²) in [5.41, 5.74) is 2.61. The molecule has 0 saturated carbocycles. The van der Waals surface area contributed by atoms with E-state index in [4.69, 9.17) is 0 Å². The first-order chi connectivity index (χ1) is 8.92. The lowest BCUT2D eigenvalue weighted by atomic mass is 9.97. The molecule has 0 aliphatic rings. The molecule has 0 saturated heterocycles. The van der Waals surface area contributed by atoms with E-state index >= 15 is 0 Å². The Morgan fingerprint density at radius 3 is 2.21 bits per heavy atom. The van der Waals surface area contributed by atoms with Crippen molar-refractivity contribution in [1.82, 2.24) is 10.2 Å². The van der Waals surface area contributed by atoms with Crippen LogP contribution in [0.25, 0.3) is 0 Å². The van der Waals surface area contributed by atoms with Gasteiger partial charge in [-0.15, -0.1) is 5.10 Å². The van der Waals surface area contributed by atoms with E-state index in [9.17, 15) is 5.26 Å². The predicted molar refractivity (Wildman–Crippen MR) is 78.3 cm³/mol. The summed E-state index contributed by atoms with van der Waals surface area (Å²) in [6.45, 7) is 10.5. The molecule has 104 valence electrons. The minimum Gasteiger partial charge on any atom is -0.352 e. The summed E-state index contributed by atoms with van der Waals surface area (Å²) in [5, 5.41) is 18.1. The maximum absolute atomic E-state index is 9.49. The summed E-state index contributed by atoms with van der Waals surface area (Å²) < 4.78 is 0. The van der Waals surface area contributed by atoms with Gasteiger partial charge in [0.1, 0.15) is 11.6 Å². The first-order valence-electron chi connectivity index (χ1n) is 6.95. The SMILES string of the molecule is CCc1nnc(N(C)C(C)(C)CC)c(C#N)c1CC. The monoisotopic (exact) mass is 260 g/mol. The van der Waals surface area contributed by atoms with Gasteiger partial charge in [-0.25, -0.2) is 0 Å². The van der Waals surface area contributed by atoms with Crippen molar-refractivity contribution in [2.75, 3.05) is 11.9 Å². The van der Waals surface area contributed by atoms with E-state index in [0.717, 1.165) is 30.5 Å². The molecule has 1 heterocycles. The van der Waals surface area contributed by atoms with Gasteiger partial charge in [-0.2, -0.15) is 10.4 Å². The second kappa shape index (κ2) is 6.01. The van der Waals surface area contributed by atoms with Crippen molar-refractivity contribution < 1.29 is 0 Å². The molecule has 0 unspecified atom stereocenters. The van der Waals surface area contributed by atoms with Gasteiger partial charge < -0.3 is 4.90 Å². The van der Waals surface area contributed by atoms with Crippen LogP contribution in [0.5, 0.6) is 0 Å². The van der Waals surface area contributed by atoms with Crippen LogP contribution >= 0.6 is 0 Å². The molecular weight excluding hydrogens is 236 g/mol. The molecule has 1 rings (SSSR count). The Bertz CT molecular complexity index is 486. The van der Waals surface area contributed by atoms with E-state index in [0.29, 0.717) is 11.4 Å². The highest BCUT2D eigenvalue weighted by atomic mass is 15.3. The van der Waals surface area contributed by atoms with Crippen LogP contribution in [-0.4, -0.2) is 22.8 Å². The van der Waals surface area contributed by atoms with Gasteiger partial charge >= 0.3 is 0 Å². The molecule has 0 amide bonds. The number of hydrogen-bond donors (Lipinski definition) is 0. The maximum atomic E-state index is 9.49. The molecule has 0 atom stereocenters. The van der Waals surface area contributed by atoms with Gasteiger partial charge in [0.15, 0.2) is 5.82 Å². The van der Waals surface area contributed by atoms with E-state index in [1.807, 2.05) is 14.0 Å². The van der Waals surface area contributed by atoms with Crippen molar-refractivity contribution in [2.45, 2.75) is 59.4 Å². The lowest BCUT2D eigenvalue weighted by Crippen LogP contribution is -2.41. The van der Waals surface area contributed by atoms with Crippen LogP contribution < -0.4 is 4.90 Å². The van der Waals surface area contributed by atoms with Crippen LogP contribution in [0.3, 0.4) is 0 Å². The molecule has 19 heavy (non-hydrogen) atoms. The van der Waals surface area contributed by atoms with Gasteiger partial charge in [0, 0.05) is 12.6 Å². The molecule has 0 bridgehead atoms. The normalized spacial score (nSPS) is 11.2. The quantitative estimate of drug-likeness (QED) is 0.816. The Morgan fingerprint density at radius 2 is 1.79 bits per heavy atom. The van der Waals surface area contributed by atoms with E-state index in [2.05, 4.69) is 48.9 Å².